The van der Waals surface area contributed by atoms with Gasteiger partial charge in [-0.1, -0.05) is 26.0 Å². The van der Waals surface area contributed by atoms with Gasteiger partial charge in [0.1, 0.15) is 0 Å². The van der Waals surface area contributed by atoms with Crippen LogP contribution in [0, 0.1) is 0 Å². The Balaban J connectivity index is 1.99. The molecule has 1 aromatic carbocycles. The lowest BCUT2D eigenvalue weighted by Gasteiger charge is -2.28. The zero-order chi connectivity index (χ0) is 12.5. The van der Waals surface area contributed by atoms with Crippen molar-refractivity contribution in [2.45, 2.75) is 25.7 Å². The Hall–Kier alpha value is -1.61. The molecular formula is C15H19N3. The van der Waals surface area contributed by atoms with Gasteiger partial charge in [0.05, 0.1) is 6.33 Å². The summed E-state index contributed by atoms with van der Waals surface area (Å²) in [6, 6.07) is 8.74. The molecule has 0 radical (unpaired) electrons. The summed E-state index contributed by atoms with van der Waals surface area (Å²) >= 11 is 0. The minimum absolute atomic E-state index is 0.558. The molecule has 3 heteroatoms. The zero-order valence-electron chi connectivity index (χ0n) is 10.9. The lowest BCUT2D eigenvalue weighted by Crippen LogP contribution is -2.40. The molecule has 0 unspecified atom stereocenters. The third-order valence-electron chi connectivity index (χ3n) is 3.68. The molecule has 0 atom stereocenters. The van der Waals surface area contributed by atoms with Crippen molar-refractivity contribution in [2.24, 2.45) is 0 Å². The quantitative estimate of drug-likeness (QED) is 0.895. The van der Waals surface area contributed by atoms with E-state index in [4.69, 9.17) is 0 Å². The molecule has 0 aliphatic carbocycles. The average Bonchev–Trinajstić information content (AvgIpc) is 2.76. The molecule has 0 saturated carbocycles. The second-order valence-electron chi connectivity index (χ2n) is 5.29. The van der Waals surface area contributed by atoms with Crippen LogP contribution in [-0.4, -0.2) is 22.6 Å². The molecule has 0 bridgehead atoms. The first-order valence-electron chi connectivity index (χ1n) is 6.59. The molecule has 2 heterocycles. The fraction of sp³-hybridized carbons (Fsp3) is 0.400. The van der Waals surface area contributed by atoms with Crippen LogP contribution in [0.3, 0.4) is 0 Å². The number of imidazole rings is 1. The lowest BCUT2D eigenvalue weighted by molar-refractivity contribution is 0.435. The van der Waals surface area contributed by atoms with Gasteiger partial charge in [-0.3, -0.25) is 0 Å². The number of nitrogens with zero attached hydrogens (tertiary/aromatic N) is 2. The van der Waals surface area contributed by atoms with E-state index in [0.29, 0.717) is 11.8 Å². The van der Waals surface area contributed by atoms with E-state index in [2.05, 4.69) is 53.0 Å². The van der Waals surface area contributed by atoms with Gasteiger partial charge in [0.2, 0.25) is 0 Å². The monoisotopic (exact) mass is 241 g/mol. The largest absolute Gasteiger partial charge is 0.315 e. The van der Waals surface area contributed by atoms with Crippen LogP contribution in [-0.2, 0) is 0 Å². The van der Waals surface area contributed by atoms with Crippen molar-refractivity contribution in [2.75, 3.05) is 13.1 Å². The van der Waals surface area contributed by atoms with Gasteiger partial charge in [0.25, 0.3) is 0 Å². The highest BCUT2D eigenvalue weighted by Gasteiger charge is 2.22. The summed E-state index contributed by atoms with van der Waals surface area (Å²) in [4.78, 5) is 4.31. The van der Waals surface area contributed by atoms with Gasteiger partial charge in [-0.15, -0.1) is 0 Å². The Bertz CT molecular complexity index is 538. The van der Waals surface area contributed by atoms with Crippen LogP contribution in [0.4, 0.5) is 0 Å². The first kappa shape index (κ1) is 11.5. The van der Waals surface area contributed by atoms with Crippen molar-refractivity contribution in [3.63, 3.8) is 0 Å². The SMILES string of the molecule is CC(C)c1cccc(-n2cncc2C2CNC2)c1. The number of hydrogen-bond donors (Lipinski definition) is 1. The summed E-state index contributed by atoms with van der Waals surface area (Å²) < 4.78 is 2.22. The van der Waals surface area contributed by atoms with Crippen LogP contribution >= 0.6 is 0 Å². The van der Waals surface area contributed by atoms with Crippen molar-refractivity contribution < 1.29 is 0 Å². The fourth-order valence-corrected chi connectivity index (χ4v) is 2.35. The molecule has 1 aliphatic rings. The smallest absolute Gasteiger partial charge is 0.0994 e. The van der Waals surface area contributed by atoms with Crippen LogP contribution < -0.4 is 5.32 Å². The van der Waals surface area contributed by atoms with E-state index in [1.54, 1.807) is 0 Å². The molecular weight excluding hydrogens is 222 g/mol. The third-order valence-corrected chi connectivity index (χ3v) is 3.68. The summed E-state index contributed by atoms with van der Waals surface area (Å²) in [7, 11) is 0. The van der Waals surface area contributed by atoms with E-state index in [1.165, 1.54) is 16.9 Å². The molecule has 1 saturated heterocycles. The van der Waals surface area contributed by atoms with Crippen LogP contribution in [0.1, 0.15) is 36.9 Å². The summed E-state index contributed by atoms with van der Waals surface area (Å²) in [5, 5.41) is 3.32. The second-order valence-corrected chi connectivity index (χ2v) is 5.29. The molecule has 2 aromatic rings. The number of hydrogen-bond acceptors (Lipinski definition) is 2. The van der Waals surface area contributed by atoms with Gasteiger partial charge in [0, 0.05) is 36.6 Å². The highest BCUT2D eigenvalue weighted by molar-refractivity contribution is 5.39. The van der Waals surface area contributed by atoms with Crippen molar-refractivity contribution in [1.29, 1.82) is 0 Å². The maximum Gasteiger partial charge on any atom is 0.0994 e. The van der Waals surface area contributed by atoms with Crippen LogP contribution in [0.25, 0.3) is 5.69 Å². The Labute approximate surface area is 108 Å². The summed E-state index contributed by atoms with van der Waals surface area (Å²) in [5.74, 6) is 1.16. The number of rotatable bonds is 3. The van der Waals surface area contributed by atoms with Crippen LogP contribution in [0.2, 0.25) is 0 Å². The molecule has 3 nitrogen and oxygen atoms in total. The molecule has 1 aromatic heterocycles. The van der Waals surface area contributed by atoms with E-state index < -0.39 is 0 Å². The zero-order valence-corrected chi connectivity index (χ0v) is 10.9. The molecule has 1 aliphatic heterocycles. The number of aromatic nitrogens is 2. The predicted octanol–water partition coefficient (Wildman–Crippen LogP) is 2.68. The van der Waals surface area contributed by atoms with E-state index in [9.17, 15) is 0 Å². The Morgan fingerprint density at radius 3 is 2.83 bits per heavy atom. The van der Waals surface area contributed by atoms with Gasteiger partial charge in [-0.25, -0.2) is 4.98 Å². The third kappa shape index (κ3) is 1.95. The van der Waals surface area contributed by atoms with Crippen molar-refractivity contribution in [1.82, 2.24) is 14.9 Å². The van der Waals surface area contributed by atoms with E-state index in [0.717, 1.165) is 13.1 Å². The molecule has 1 N–H and O–H groups in total. The molecule has 3 rings (SSSR count). The molecule has 94 valence electrons. The molecule has 18 heavy (non-hydrogen) atoms. The minimum Gasteiger partial charge on any atom is -0.315 e. The average molecular weight is 241 g/mol. The van der Waals surface area contributed by atoms with E-state index >= 15 is 0 Å². The molecule has 0 spiro atoms. The minimum atomic E-state index is 0.558. The van der Waals surface area contributed by atoms with Crippen molar-refractivity contribution in [3.05, 3.63) is 48.0 Å². The maximum absolute atomic E-state index is 4.31. The van der Waals surface area contributed by atoms with E-state index in [1.807, 2.05) is 12.5 Å². The molecule has 0 amide bonds. The van der Waals surface area contributed by atoms with Crippen LogP contribution in [0.15, 0.2) is 36.8 Å². The first-order valence-corrected chi connectivity index (χ1v) is 6.59. The highest BCUT2D eigenvalue weighted by atomic mass is 15.1. The summed E-state index contributed by atoms with van der Waals surface area (Å²) in [6.07, 6.45) is 3.92. The summed E-state index contributed by atoms with van der Waals surface area (Å²) in [6.45, 7) is 6.58. The van der Waals surface area contributed by atoms with E-state index in [-0.39, 0.29) is 0 Å². The number of nitrogens with one attached hydrogen (secondary N) is 1. The Morgan fingerprint density at radius 1 is 1.33 bits per heavy atom. The van der Waals surface area contributed by atoms with Crippen LogP contribution in [0.5, 0.6) is 0 Å². The lowest BCUT2D eigenvalue weighted by atomic mass is 9.99. The first-order chi connectivity index (χ1) is 8.75. The standard InChI is InChI=1S/C15H19N3/c1-11(2)12-4-3-5-14(6-12)18-10-17-9-15(18)13-7-16-8-13/h3-6,9-11,13,16H,7-8H2,1-2H3. The highest BCUT2D eigenvalue weighted by Crippen LogP contribution is 2.24. The Morgan fingerprint density at radius 2 is 2.17 bits per heavy atom. The van der Waals surface area contributed by atoms with Gasteiger partial charge in [-0.2, -0.15) is 0 Å². The fourth-order valence-electron chi connectivity index (χ4n) is 2.35. The predicted molar refractivity (Wildman–Crippen MR) is 73.3 cm³/mol. The molecule has 1 fully saturated rings. The number of benzene rings is 1. The van der Waals surface area contributed by atoms with Gasteiger partial charge < -0.3 is 9.88 Å². The topological polar surface area (TPSA) is 29.9 Å². The van der Waals surface area contributed by atoms with Crippen molar-refractivity contribution in [3.8, 4) is 5.69 Å². The maximum atomic E-state index is 4.31. The normalized spacial score (nSPS) is 15.9. The second kappa shape index (κ2) is 4.58. The van der Waals surface area contributed by atoms with Gasteiger partial charge in [0.15, 0.2) is 0 Å². The van der Waals surface area contributed by atoms with Crippen molar-refractivity contribution >= 4 is 0 Å². The Kier molecular flexibility index (Phi) is 2.92. The summed E-state index contributed by atoms with van der Waals surface area (Å²) in [5.41, 5.74) is 3.91. The van der Waals surface area contributed by atoms with Gasteiger partial charge in [-0.05, 0) is 23.6 Å². The van der Waals surface area contributed by atoms with Gasteiger partial charge >= 0.3 is 0 Å².